The van der Waals surface area contributed by atoms with Crippen LogP contribution in [0.4, 0.5) is 4.79 Å². The van der Waals surface area contributed by atoms with Crippen LogP contribution >= 0.6 is 15.9 Å². The van der Waals surface area contributed by atoms with Gasteiger partial charge in [0.05, 0.1) is 0 Å². The predicted octanol–water partition coefficient (Wildman–Crippen LogP) is 4.23. The van der Waals surface area contributed by atoms with E-state index in [1.54, 1.807) is 9.47 Å². The van der Waals surface area contributed by atoms with Gasteiger partial charge in [0.25, 0.3) is 5.56 Å². The number of benzene rings is 1. The molecule has 0 N–H and O–H groups in total. The van der Waals surface area contributed by atoms with E-state index in [0.717, 1.165) is 18.4 Å². The van der Waals surface area contributed by atoms with Gasteiger partial charge in [-0.25, -0.2) is 9.78 Å². The maximum atomic E-state index is 12.7. The number of hydrogen-bond donors (Lipinski definition) is 0. The molecule has 0 bridgehead atoms. The maximum absolute atomic E-state index is 12.7. The highest BCUT2D eigenvalue weighted by molar-refractivity contribution is 9.10. The summed E-state index contributed by atoms with van der Waals surface area (Å²) in [5.74, 6) is 0.589. The van der Waals surface area contributed by atoms with E-state index in [-0.39, 0.29) is 11.7 Å². The van der Waals surface area contributed by atoms with E-state index in [0.29, 0.717) is 42.5 Å². The fourth-order valence-electron chi connectivity index (χ4n) is 3.31. The number of likely N-dealkylation sites (tertiary alicyclic amines) is 1. The number of carbonyl (C=O) groups excluding carboxylic acids is 1. The third-order valence-electron chi connectivity index (χ3n) is 4.89. The lowest BCUT2D eigenvalue weighted by Gasteiger charge is -2.33. The first kappa shape index (κ1) is 22.3. The molecule has 1 amide bonds. The van der Waals surface area contributed by atoms with E-state index in [9.17, 15) is 9.59 Å². The van der Waals surface area contributed by atoms with Crippen LogP contribution in [0.2, 0.25) is 0 Å². The van der Waals surface area contributed by atoms with Crippen LogP contribution in [0.25, 0.3) is 0 Å². The lowest BCUT2D eigenvalue weighted by atomic mass is 9.97. The number of rotatable bonds is 5. The fraction of sp³-hybridized carbons (Fsp3) is 0.500. The largest absolute Gasteiger partial charge is 0.472 e. The fourth-order valence-corrected chi connectivity index (χ4v) is 3.75. The van der Waals surface area contributed by atoms with Gasteiger partial charge in [-0.2, -0.15) is 0 Å². The molecule has 2 aromatic rings. The molecule has 0 aliphatic carbocycles. The van der Waals surface area contributed by atoms with Crippen molar-refractivity contribution in [2.75, 3.05) is 13.1 Å². The summed E-state index contributed by atoms with van der Waals surface area (Å²) in [5, 5.41) is 0. The van der Waals surface area contributed by atoms with Gasteiger partial charge in [0.2, 0.25) is 5.88 Å². The van der Waals surface area contributed by atoms with Crippen molar-refractivity contribution in [1.82, 2.24) is 14.5 Å². The van der Waals surface area contributed by atoms with E-state index in [1.807, 2.05) is 51.1 Å². The van der Waals surface area contributed by atoms with Crippen LogP contribution in [0.3, 0.4) is 0 Å². The third kappa shape index (κ3) is 6.08. The second-order valence-corrected chi connectivity index (χ2v) is 9.30. The number of nitrogens with zero attached hydrogens (tertiary/aromatic N) is 3. The van der Waals surface area contributed by atoms with Crippen LogP contribution in [0.5, 0.6) is 5.88 Å². The van der Waals surface area contributed by atoms with E-state index in [4.69, 9.17) is 9.47 Å². The standard InChI is InChI=1S/C22H28BrN3O4/c1-22(2,3)30-21(28)25-11-9-16(10-12-25)13-26-15-24-19(18(23)20(26)27)29-14-17-7-5-4-6-8-17/h4-8,15-16H,9-14H2,1-3H3. The summed E-state index contributed by atoms with van der Waals surface area (Å²) in [7, 11) is 0. The van der Waals surface area contributed by atoms with Gasteiger partial charge in [-0.05, 0) is 61.0 Å². The summed E-state index contributed by atoms with van der Waals surface area (Å²) in [5.41, 5.74) is 0.346. The van der Waals surface area contributed by atoms with Crippen LogP contribution < -0.4 is 10.3 Å². The summed E-state index contributed by atoms with van der Waals surface area (Å²) in [6.45, 7) is 7.75. The summed E-state index contributed by atoms with van der Waals surface area (Å²) in [4.78, 5) is 31.0. The van der Waals surface area contributed by atoms with Crippen molar-refractivity contribution in [2.45, 2.75) is 52.4 Å². The third-order valence-corrected chi connectivity index (χ3v) is 5.57. The molecule has 3 rings (SSSR count). The minimum absolute atomic E-state index is 0.164. The zero-order chi connectivity index (χ0) is 21.7. The van der Waals surface area contributed by atoms with Crippen molar-refractivity contribution >= 4 is 22.0 Å². The molecular formula is C22H28BrN3O4. The monoisotopic (exact) mass is 477 g/mol. The molecule has 1 aromatic carbocycles. The number of amides is 1. The summed E-state index contributed by atoms with van der Waals surface area (Å²) < 4.78 is 13.1. The Balaban J connectivity index is 1.55. The quantitative estimate of drug-likeness (QED) is 0.643. The molecule has 7 nitrogen and oxygen atoms in total. The highest BCUT2D eigenvalue weighted by Crippen LogP contribution is 2.22. The molecule has 0 saturated carbocycles. The SMILES string of the molecule is CC(C)(C)OC(=O)N1CCC(Cn2cnc(OCc3ccccc3)c(Br)c2=O)CC1. The molecule has 1 saturated heterocycles. The molecule has 1 aliphatic heterocycles. The van der Waals surface area contributed by atoms with Crippen molar-refractivity contribution in [3.8, 4) is 5.88 Å². The second kappa shape index (κ2) is 9.64. The van der Waals surface area contributed by atoms with Gasteiger partial charge in [0.15, 0.2) is 0 Å². The Morgan fingerprint density at radius 2 is 1.87 bits per heavy atom. The molecule has 2 heterocycles. The molecule has 0 spiro atoms. The van der Waals surface area contributed by atoms with Crippen LogP contribution in [0.15, 0.2) is 45.9 Å². The van der Waals surface area contributed by atoms with Crippen molar-refractivity contribution in [3.05, 3.63) is 57.0 Å². The molecule has 162 valence electrons. The first-order chi connectivity index (χ1) is 14.2. The highest BCUT2D eigenvalue weighted by atomic mass is 79.9. The van der Waals surface area contributed by atoms with E-state index in [1.165, 1.54) is 6.33 Å². The van der Waals surface area contributed by atoms with Crippen LogP contribution in [-0.4, -0.2) is 39.2 Å². The van der Waals surface area contributed by atoms with Crippen molar-refractivity contribution in [3.63, 3.8) is 0 Å². The number of halogens is 1. The molecule has 8 heteroatoms. The van der Waals surface area contributed by atoms with Gasteiger partial charge < -0.3 is 14.4 Å². The molecular weight excluding hydrogens is 450 g/mol. The predicted molar refractivity (Wildman–Crippen MR) is 118 cm³/mol. The van der Waals surface area contributed by atoms with Gasteiger partial charge in [0.1, 0.15) is 23.0 Å². The van der Waals surface area contributed by atoms with Crippen LogP contribution in [-0.2, 0) is 17.9 Å². The average Bonchev–Trinajstić information content (AvgIpc) is 2.71. The summed E-state index contributed by atoms with van der Waals surface area (Å²) in [6, 6.07) is 9.73. The Hall–Kier alpha value is -2.35. The van der Waals surface area contributed by atoms with E-state index in [2.05, 4.69) is 20.9 Å². The Kier molecular flexibility index (Phi) is 7.18. The maximum Gasteiger partial charge on any atom is 0.410 e. The molecule has 0 radical (unpaired) electrons. The number of hydrogen-bond acceptors (Lipinski definition) is 5. The molecule has 1 fully saturated rings. The molecule has 30 heavy (non-hydrogen) atoms. The minimum atomic E-state index is -0.497. The van der Waals surface area contributed by atoms with Gasteiger partial charge in [-0.3, -0.25) is 9.36 Å². The minimum Gasteiger partial charge on any atom is -0.472 e. The van der Waals surface area contributed by atoms with Gasteiger partial charge >= 0.3 is 6.09 Å². The first-order valence-electron chi connectivity index (χ1n) is 10.1. The number of ether oxygens (including phenoxy) is 2. The zero-order valence-electron chi connectivity index (χ0n) is 17.6. The first-order valence-corrected chi connectivity index (χ1v) is 10.9. The summed E-state index contributed by atoms with van der Waals surface area (Å²) in [6.07, 6.45) is 2.89. The van der Waals surface area contributed by atoms with E-state index < -0.39 is 5.60 Å². The molecule has 1 aliphatic rings. The van der Waals surface area contributed by atoms with Gasteiger partial charge in [-0.1, -0.05) is 30.3 Å². The lowest BCUT2D eigenvalue weighted by molar-refractivity contribution is 0.0177. The van der Waals surface area contributed by atoms with Gasteiger partial charge in [-0.15, -0.1) is 0 Å². The lowest BCUT2D eigenvalue weighted by Crippen LogP contribution is -2.42. The smallest absolute Gasteiger partial charge is 0.410 e. The number of piperidine rings is 1. The van der Waals surface area contributed by atoms with Crippen LogP contribution in [0, 0.1) is 5.92 Å². The topological polar surface area (TPSA) is 73.7 Å². The van der Waals surface area contributed by atoms with Crippen molar-refractivity contribution in [2.24, 2.45) is 5.92 Å². The number of aromatic nitrogens is 2. The van der Waals surface area contributed by atoms with E-state index >= 15 is 0 Å². The molecule has 0 unspecified atom stereocenters. The van der Waals surface area contributed by atoms with Crippen LogP contribution in [0.1, 0.15) is 39.2 Å². The second-order valence-electron chi connectivity index (χ2n) is 8.51. The summed E-state index contributed by atoms with van der Waals surface area (Å²) >= 11 is 3.34. The Morgan fingerprint density at radius 3 is 2.50 bits per heavy atom. The Labute approximate surface area is 185 Å². The molecule has 0 atom stereocenters. The average molecular weight is 478 g/mol. The highest BCUT2D eigenvalue weighted by Gasteiger charge is 2.27. The van der Waals surface area contributed by atoms with Gasteiger partial charge in [0, 0.05) is 19.6 Å². The van der Waals surface area contributed by atoms with Crippen molar-refractivity contribution < 1.29 is 14.3 Å². The Morgan fingerprint density at radius 1 is 1.20 bits per heavy atom. The zero-order valence-corrected chi connectivity index (χ0v) is 19.2. The van der Waals surface area contributed by atoms with Crippen molar-refractivity contribution in [1.29, 1.82) is 0 Å². The normalized spacial score (nSPS) is 15.1. The Bertz CT molecular complexity index is 916. The molecule has 1 aromatic heterocycles. The number of carbonyl (C=O) groups is 1.